The van der Waals surface area contributed by atoms with Crippen molar-refractivity contribution in [2.75, 3.05) is 0 Å². The Kier molecular flexibility index (Phi) is 4.73. The summed E-state index contributed by atoms with van der Waals surface area (Å²) in [5, 5.41) is 7.65. The second-order valence-electron chi connectivity index (χ2n) is 12.2. The highest BCUT2D eigenvalue weighted by molar-refractivity contribution is 6.13. The Labute approximate surface area is 245 Å². The molecule has 9 rings (SSSR count). The fraction of sp³-hybridized carbons (Fsp3) is 0.0732. The van der Waals surface area contributed by atoms with Crippen LogP contribution in [0.4, 0.5) is 0 Å². The van der Waals surface area contributed by atoms with E-state index in [4.69, 9.17) is 0 Å². The zero-order chi connectivity index (χ0) is 28.0. The van der Waals surface area contributed by atoms with Crippen molar-refractivity contribution in [2.24, 2.45) is 0 Å². The molecule has 0 atom stereocenters. The highest BCUT2D eigenvalue weighted by Gasteiger charge is 2.36. The van der Waals surface area contributed by atoms with E-state index in [1.54, 1.807) is 0 Å². The molecule has 42 heavy (non-hydrogen) atoms. The molecule has 0 unspecified atom stereocenters. The summed E-state index contributed by atoms with van der Waals surface area (Å²) in [6.07, 6.45) is 0. The van der Waals surface area contributed by atoms with Crippen molar-refractivity contribution in [1.82, 2.24) is 4.57 Å². The molecular formula is C41H29N. The predicted molar refractivity (Wildman–Crippen MR) is 179 cm³/mol. The molecule has 7 aromatic carbocycles. The first-order valence-electron chi connectivity index (χ1n) is 14.8. The van der Waals surface area contributed by atoms with Gasteiger partial charge in [0.2, 0.25) is 0 Å². The van der Waals surface area contributed by atoms with Crippen LogP contribution in [0.25, 0.3) is 71.3 Å². The van der Waals surface area contributed by atoms with Crippen molar-refractivity contribution < 1.29 is 0 Å². The lowest BCUT2D eigenvalue weighted by Gasteiger charge is -2.21. The zero-order valence-electron chi connectivity index (χ0n) is 23.7. The minimum absolute atomic E-state index is 0.0482. The molecule has 0 fully saturated rings. The van der Waals surface area contributed by atoms with Gasteiger partial charge in [-0.3, -0.25) is 0 Å². The van der Waals surface area contributed by atoms with Crippen LogP contribution >= 0.6 is 0 Å². The molecule has 1 aliphatic carbocycles. The fourth-order valence-electron chi connectivity index (χ4n) is 7.36. The smallest absolute Gasteiger partial charge is 0.0547 e. The maximum Gasteiger partial charge on any atom is 0.0547 e. The minimum atomic E-state index is -0.0482. The molecular weight excluding hydrogens is 506 g/mol. The van der Waals surface area contributed by atoms with Gasteiger partial charge in [0.25, 0.3) is 0 Å². The first-order chi connectivity index (χ1) is 20.6. The standard InChI is InChI=1S/C41H29N/c1-41(2)37-14-8-7-13-33(37)34-25-40-36(24-38(34)41)35-23-31(30-16-15-26-9-3-5-11-28(26)21-30)18-20-39(35)42(40)32-19-17-27-10-4-6-12-29(27)22-32/h3-25H,1-2H3. The normalized spacial score (nSPS) is 13.7. The topological polar surface area (TPSA) is 4.93 Å². The molecule has 1 nitrogen and oxygen atoms in total. The third-order valence-electron chi connectivity index (χ3n) is 9.54. The van der Waals surface area contributed by atoms with Crippen LogP contribution in [-0.4, -0.2) is 4.57 Å². The van der Waals surface area contributed by atoms with Crippen molar-refractivity contribution in [2.45, 2.75) is 19.3 Å². The van der Waals surface area contributed by atoms with Crippen LogP contribution in [0.5, 0.6) is 0 Å². The number of nitrogens with zero attached hydrogens (tertiary/aromatic N) is 1. The first kappa shape index (κ1) is 23.6. The van der Waals surface area contributed by atoms with E-state index < -0.39 is 0 Å². The summed E-state index contributed by atoms with van der Waals surface area (Å²) in [5.41, 5.74) is 11.6. The fourth-order valence-corrected chi connectivity index (χ4v) is 7.36. The first-order valence-corrected chi connectivity index (χ1v) is 14.8. The van der Waals surface area contributed by atoms with Crippen LogP contribution in [-0.2, 0) is 5.41 Å². The molecule has 0 radical (unpaired) electrons. The van der Waals surface area contributed by atoms with Crippen LogP contribution < -0.4 is 0 Å². The van der Waals surface area contributed by atoms with E-state index >= 15 is 0 Å². The SMILES string of the molecule is CC1(C)c2ccccc2-c2cc3c(cc21)c1cc(-c2ccc4ccccc4c2)ccc1n3-c1ccc2ccccc2c1. The Morgan fingerprint density at radius 2 is 1.05 bits per heavy atom. The van der Waals surface area contributed by atoms with Crippen molar-refractivity contribution in [3.63, 3.8) is 0 Å². The second kappa shape index (κ2) is 8.44. The summed E-state index contributed by atoms with van der Waals surface area (Å²) in [5.74, 6) is 0. The third kappa shape index (κ3) is 3.25. The monoisotopic (exact) mass is 535 g/mol. The molecule has 1 heteroatoms. The van der Waals surface area contributed by atoms with E-state index in [1.165, 1.54) is 82.4 Å². The number of hydrogen-bond donors (Lipinski definition) is 0. The molecule has 1 aromatic heterocycles. The van der Waals surface area contributed by atoms with Gasteiger partial charge >= 0.3 is 0 Å². The lowest BCUT2D eigenvalue weighted by Crippen LogP contribution is -2.14. The van der Waals surface area contributed by atoms with Gasteiger partial charge in [-0.1, -0.05) is 111 Å². The van der Waals surface area contributed by atoms with Crippen molar-refractivity contribution in [3.8, 4) is 27.9 Å². The van der Waals surface area contributed by atoms with E-state index in [9.17, 15) is 0 Å². The largest absolute Gasteiger partial charge is 0.309 e. The molecule has 1 aliphatic rings. The molecule has 1 heterocycles. The Bertz CT molecular complexity index is 2380. The number of benzene rings is 7. The van der Waals surface area contributed by atoms with Crippen LogP contribution in [0, 0.1) is 0 Å². The van der Waals surface area contributed by atoms with Gasteiger partial charge in [0.05, 0.1) is 11.0 Å². The Hall–Kier alpha value is -5.14. The molecule has 0 spiro atoms. The van der Waals surface area contributed by atoms with Gasteiger partial charge in [0.15, 0.2) is 0 Å². The maximum atomic E-state index is 2.48. The quantitative estimate of drug-likeness (QED) is 0.207. The lowest BCUT2D eigenvalue weighted by molar-refractivity contribution is 0.661. The Morgan fingerprint density at radius 3 is 1.86 bits per heavy atom. The summed E-state index contributed by atoms with van der Waals surface area (Å²) in [6, 6.07) is 51.8. The summed E-state index contributed by atoms with van der Waals surface area (Å²) >= 11 is 0. The molecule has 8 aromatic rings. The Morgan fingerprint density at radius 1 is 0.429 bits per heavy atom. The molecule has 0 amide bonds. The number of aromatic nitrogens is 1. The molecule has 0 saturated heterocycles. The van der Waals surface area contributed by atoms with Crippen LogP contribution in [0.1, 0.15) is 25.0 Å². The lowest BCUT2D eigenvalue weighted by atomic mass is 9.82. The molecule has 0 saturated carbocycles. The van der Waals surface area contributed by atoms with Crippen molar-refractivity contribution in [1.29, 1.82) is 0 Å². The summed E-state index contributed by atoms with van der Waals surface area (Å²) < 4.78 is 2.47. The van der Waals surface area contributed by atoms with Crippen LogP contribution in [0.15, 0.2) is 140 Å². The van der Waals surface area contributed by atoms with Crippen LogP contribution in [0.3, 0.4) is 0 Å². The van der Waals surface area contributed by atoms with E-state index in [1.807, 2.05) is 0 Å². The van der Waals surface area contributed by atoms with Gasteiger partial charge in [0, 0.05) is 21.9 Å². The average Bonchev–Trinajstić information content (AvgIpc) is 3.47. The Balaban J connectivity index is 1.36. The summed E-state index contributed by atoms with van der Waals surface area (Å²) in [7, 11) is 0. The van der Waals surface area contributed by atoms with Crippen molar-refractivity contribution >= 4 is 43.4 Å². The zero-order valence-corrected chi connectivity index (χ0v) is 23.7. The van der Waals surface area contributed by atoms with Gasteiger partial charge in [-0.15, -0.1) is 0 Å². The second-order valence-corrected chi connectivity index (χ2v) is 12.2. The number of fused-ring (bicyclic) bond motifs is 8. The molecule has 0 bridgehead atoms. The van der Waals surface area contributed by atoms with Crippen LogP contribution in [0.2, 0.25) is 0 Å². The van der Waals surface area contributed by atoms with E-state index in [2.05, 4.69) is 158 Å². The molecule has 0 N–H and O–H groups in total. The van der Waals surface area contributed by atoms with E-state index in [0.29, 0.717) is 0 Å². The highest BCUT2D eigenvalue weighted by atomic mass is 15.0. The minimum Gasteiger partial charge on any atom is -0.309 e. The summed E-state index contributed by atoms with van der Waals surface area (Å²) in [4.78, 5) is 0. The third-order valence-corrected chi connectivity index (χ3v) is 9.54. The average molecular weight is 536 g/mol. The maximum absolute atomic E-state index is 2.48. The van der Waals surface area contributed by atoms with E-state index in [0.717, 1.165) is 0 Å². The predicted octanol–water partition coefficient (Wildman–Crippen LogP) is 11.1. The van der Waals surface area contributed by atoms with Crippen molar-refractivity contribution in [3.05, 3.63) is 151 Å². The summed E-state index contributed by atoms with van der Waals surface area (Å²) in [6.45, 7) is 4.74. The van der Waals surface area contributed by atoms with Gasteiger partial charge in [0.1, 0.15) is 0 Å². The van der Waals surface area contributed by atoms with Gasteiger partial charge < -0.3 is 4.57 Å². The number of hydrogen-bond acceptors (Lipinski definition) is 0. The van der Waals surface area contributed by atoms with Gasteiger partial charge in [-0.05, 0) is 97.4 Å². The van der Waals surface area contributed by atoms with Gasteiger partial charge in [-0.25, -0.2) is 0 Å². The molecule has 198 valence electrons. The van der Waals surface area contributed by atoms with Gasteiger partial charge in [-0.2, -0.15) is 0 Å². The molecule has 0 aliphatic heterocycles. The number of rotatable bonds is 2. The highest BCUT2D eigenvalue weighted by Crippen LogP contribution is 2.51. The van der Waals surface area contributed by atoms with E-state index in [-0.39, 0.29) is 5.41 Å².